The molecule has 1 saturated heterocycles. The van der Waals surface area contributed by atoms with Gasteiger partial charge in [0.2, 0.25) is 0 Å². The number of hydrogen-bond donors (Lipinski definition) is 0. The second kappa shape index (κ2) is 3.91. The van der Waals surface area contributed by atoms with E-state index in [1.807, 2.05) is 0 Å². The van der Waals surface area contributed by atoms with Crippen molar-refractivity contribution in [3.05, 3.63) is 23.8 Å². The molecule has 0 bridgehead atoms. The summed E-state index contributed by atoms with van der Waals surface area (Å²) < 4.78 is 5.54. The third kappa shape index (κ3) is 2.26. The molecule has 2 aliphatic rings. The minimum Gasteiger partial charge on any atom is -0.376 e. The largest absolute Gasteiger partial charge is 0.376 e. The highest BCUT2D eigenvalue weighted by atomic mass is 28.3. The van der Waals surface area contributed by atoms with Gasteiger partial charge in [-0.1, -0.05) is 44.8 Å². The van der Waals surface area contributed by atoms with Crippen LogP contribution in [0.2, 0.25) is 25.2 Å². The first-order valence-corrected chi connectivity index (χ1v) is 9.53. The molecule has 1 aliphatic heterocycles. The molecule has 0 N–H and O–H groups in total. The lowest BCUT2D eigenvalue weighted by Crippen LogP contribution is -2.30. The van der Waals surface area contributed by atoms with Gasteiger partial charge in [-0.3, -0.25) is 0 Å². The second-order valence-corrected chi connectivity index (χ2v) is 11.4. The van der Waals surface area contributed by atoms with Crippen molar-refractivity contribution in [3.63, 3.8) is 0 Å². The van der Waals surface area contributed by atoms with E-state index in [0.717, 1.165) is 18.8 Å². The highest BCUT2D eigenvalue weighted by Crippen LogP contribution is 2.38. The SMILES string of the molecule is C[C@H]1C=C[C@H]2COCC2=C[C@H]1[Si](C)(C)C. The maximum absolute atomic E-state index is 5.54. The zero-order chi connectivity index (χ0) is 11.1. The van der Waals surface area contributed by atoms with Gasteiger partial charge in [-0.2, -0.15) is 0 Å². The Morgan fingerprint density at radius 2 is 2.00 bits per heavy atom. The predicted octanol–water partition coefficient (Wildman–Crippen LogP) is 3.47. The molecule has 84 valence electrons. The molecule has 3 atom stereocenters. The first-order valence-electron chi connectivity index (χ1n) is 5.95. The summed E-state index contributed by atoms with van der Waals surface area (Å²) in [5, 5.41) is 0. The van der Waals surface area contributed by atoms with Crippen LogP contribution < -0.4 is 0 Å². The standard InChI is InChI=1S/C13H22OSi/c1-10-5-6-11-8-14-9-12(11)7-13(10)15(2,3)4/h5-7,10-11,13H,8-9H2,1-4H3/t10-,11-,13+/m0/s1. The van der Waals surface area contributed by atoms with Crippen LogP contribution in [0.5, 0.6) is 0 Å². The lowest BCUT2D eigenvalue weighted by Gasteiger charge is -2.30. The van der Waals surface area contributed by atoms with Crippen molar-refractivity contribution in [1.29, 1.82) is 0 Å². The molecule has 0 unspecified atom stereocenters. The number of allylic oxidation sites excluding steroid dienone is 2. The first-order chi connectivity index (χ1) is 6.98. The Balaban J connectivity index is 2.31. The lowest BCUT2D eigenvalue weighted by atomic mass is 10.0. The van der Waals surface area contributed by atoms with Crippen LogP contribution in [0.4, 0.5) is 0 Å². The van der Waals surface area contributed by atoms with Gasteiger partial charge in [0.05, 0.1) is 21.3 Å². The van der Waals surface area contributed by atoms with Crippen LogP contribution in [0.1, 0.15) is 6.92 Å². The molecule has 0 radical (unpaired) electrons. The lowest BCUT2D eigenvalue weighted by molar-refractivity contribution is 0.195. The molecule has 1 heterocycles. The van der Waals surface area contributed by atoms with Crippen molar-refractivity contribution in [1.82, 2.24) is 0 Å². The normalized spacial score (nSPS) is 36.0. The van der Waals surface area contributed by atoms with E-state index in [-0.39, 0.29) is 0 Å². The molecular weight excluding hydrogens is 200 g/mol. The van der Waals surface area contributed by atoms with E-state index in [1.165, 1.54) is 5.57 Å². The summed E-state index contributed by atoms with van der Waals surface area (Å²) in [4.78, 5) is 0. The van der Waals surface area contributed by atoms with Gasteiger partial charge in [0.1, 0.15) is 0 Å². The van der Waals surface area contributed by atoms with E-state index in [1.54, 1.807) is 0 Å². The Kier molecular flexibility index (Phi) is 2.91. The molecule has 0 amide bonds. The molecule has 15 heavy (non-hydrogen) atoms. The molecule has 0 aromatic rings. The Labute approximate surface area is 94.2 Å². The van der Waals surface area contributed by atoms with Gasteiger partial charge in [-0.05, 0) is 17.0 Å². The molecular formula is C13H22OSi. The Morgan fingerprint density at radius 3 is 2.67 bits per heavy atom. The number of ether oxygens (including phenoxy) is 1. The summed E-state index contributed by atoms with van der Waals surface area (Å²) in [6, 6.07) is 0. The first kappa shape index (κ1) is 11.2. The Hall–Kier alpha value is -0.343. The van der Waals surface area contributed by atoms with Crippen LogP contribution >= 0.6 is 0 Å². The maximum atomic E-state index is 5.54. The molecule has 1 aliphatic carbocycles. The topological polar surface area (TPSA) is 9.23 Å². The predicted molar refractivity (Wildman–Crippen MR) is 67.8 cm³/mol. The molecule has 2 rings (SSSR count). The summed E-state index contributed by atoms with van der Waals surface area (Å²) in [6.45, 7) is 11.5. The van der Waals surface area contributed by atoms with E-state index < -0.39 is 8.07 Å². The zero-order valence-electron chi connectivity index (χ0n) is 10.3. The van der Waals surface area contributed by atoms with Crippen LogP contribution in [0.3, 0.4) is 0 Å². The van der Waals surface area contributed by atoms with Gasteiger partial charge in [0, 0.05) is 5.92 Å². The van der Waals surface area contributed by atoms with Gasteiger partial charge in [-0.25, -0.2) is 0 Å². The molecule has 1 nitrogen and oxygen atoms in total. The van der Waals surface area contributed by atoms with E-state index in [4.69, 9.17) is 4.74 Å². The summed E-state index contributed by atoms with van der Waals surface area (Å²) in [5.74, 6) is 1.28. The number of hydrogen-bond acceptors (Lipinski definition) is 1. The van der Waals surface area contributed by atoms with Gasteiger partial charge in [0.25, 0.3) is 0 Å². The molecule has 0 aromatic heterocycles. The number of rotatable bonds is 1. The van der Waals surface area contributed by atoms with E-state index in [2.05, 4.69) is 44.8 Å². The minimum atomic E-state index is -1.09. The van der Waals surface area contributed by atoms with Crippen LogP contribution in [0.25, 0.3) is 0 Å². The van der Waals surface area contributed by atoms with Crippen molar-refractivity contribution < 1.29 is 4.74 Å². The highest BCUT2D eigenvalue weighted by molar-refractivity contribution is 6.78. The van der Waals surface area contributed by atoms with Crippen molar-refractivity contribution in [3.8, 4) is 0 Å². The van der Waals surface area contributed by atoms with Gasteiger partial charge >= 0.3 is 0 Å². The van der Waals surface area contributed by atoms with E-state index >= 15 is 0 Å². The average molecular weight is 222 g/mol. The van der Waals surface area contributed by atoms with Crippen molar-refractivity contribution in [2.45, 2.75) is 32.1 Å². The third-order valence-electron chi connectivity index (χ3n) is 3.65. The van der Waals surface area contributed by atoms with E-state index in [0.29, 0.717) is 11.8 Å². The van der Waals surface area contributed by atoms with Gasteiger partial charge in [-0.15, -0.1) is 0 Å². The zero-order valence-corrected chi connectivity index (χ0v) is 11.3. The van der Waals surface area contributed by atoms with Gasteiger partial charge in [0.15, 0.2) is 0 Å². The van der Waals surface area contributed by atoms with Crippen LogP contribution in [-0.2, 0) is 4.74 Å². The van der Waals surface area contributed by atoms with Crippen molar-refractivity contribution in [2.75, 3.05) is 13.2 Å². The van der Waals surface area contributed by atoms with Crippen molar-refractivity contribution >= 4 is 8.07 Å². The smallest absolute Gasteiger partial charge is 0.0683 e. The van der Waals surface area contributed by atoms with Gasteiger partial charge < -0.3 is 4.74 Å². The Bertz CT molecular complexity index is 298. The maximum Gasteiger partial charge on any atom is 0.0683 e. The second-order valence-electron chi connectivity index (χ2n) is 6.00. The molecule has 1 fully saturated rings. The fourth-order valence-corrected chi connectivity index (χ4v) is 5.12. The van der Waals surface area contributed by atoms with Crippen LogP contribution in [0, 0.1) is 11.8 Å². The quantitative estimate of drug-likeness (QED) is 0.487. The fourth-order valence-electron chi connectivity index (χ4n) is 2.72. The Morgan fingerprint density at radius 1 is 1.27 bits per heavy atom. The monoisotopic (exact) mass is 222 g/mol. The van der Waals surface area contributed by atoms with E-state index in [9.17, 15) is 0 Å². The molecule has 0 spiro atoms. The van der Waals surface area contributed by atoms with Crippen LogP contribution in [-0.4, -0.2) is 21.3 Å². The molecule has 0 aromatic carbocycles. The minimum absolute atomic E-state index is 0.578. The summed E-state index contributed by atoms with van der Waals surface area (Å²) >= 11 is 0. The summed E-state index contributed by atoms with van der Waals surface area (Å²) in [6.07, 6.45) is 7.31. The summed E-state index contributed by atoms with van der Waals surface area (Å²) in [7, 11) is -1.09. The van der Waals surface area contributed by atoms with Crippen LogP contribution in [0.15, 0.2) is 23.8 Å². The molecule has 2 heteroatoms. The third-order valence-corrected chi connectivity index (χ3v) is 6.34. The highest BCUT2D eigenvalue weighted by Gasteiger charge is 2.32. The fraction of sp³-hybridized carbons (Fsp3) is 0.692. The average Bonchev–Trinajstić information content (AvgIpc) is 2.50. The van der Waals surface area contributed by atoms with Crippen molar-refractivity contribution in [2.24, 2.45) is 11.8 Å². The molecule has 0 saturated carbocycles. The number of fused-ring (bicyclic) bond motifs is 1. The summed E-state index contributed by atoms with van der Waals surface area (Å²) in [5.41, 5.74) is 2.30.